The van der Waals surface area contributed by atoms with Crippen LogP contribution in [-0.4, -0.2) is 44.6 Å². The molecule has 0 fully saturated rings. The maximum atomic E-state index is 8.54. The third-order valence-corrected chi connectivity index (χ3v) is 2.85. The van der Waals surface area contributed by atoms with Crippen molar-refractivity contribution in [2.24, 2.45) is 0 Å². The second kappa shape index (κ2) is 6.59. The van der Waals surface area contributed by atoms with Crippen LogP contribution in [0.5, 0.6) is 5.75 Å². The Hall–Kier alpha value is -1.10. The van der Waals surface area contributed by atoms with Crippen LogP contribution in [0.3, 0.4) is 0 Å². The van der Waals surface area contributed by atoms with Crippen LogP contribution < -0.4 is 10.1 Å². The highest BCUT2D eigenvalue weighted by molar-refractivity contribution is 5.39. The number of fused-ring (bicyclic) bond motifs is 1. The van der Waals surface area contributed by atoms with Gasteiger partial charge in [0, 0.05) is 24.6 Å². The minimum absolute atomic E-state index is 0.0871. The molecule has 1 aliphatic heterocycles. The smallest absolute Gasteiger partial charge is 0.122 e. The second-order valence-electron chi connectivity index (χ2n) is 4.09. The van der Waals surface area contributed by atoms with Crippen molar-refractivity contribution >= 4 is 0 Å². The summed E-state index contributed by atoms with van der Waals surface area (Å²) in [5.41, 5.74) is 1.29. The van der Waals surface area contributed by atoms with Crippen LogP contribution in [0.4, 0.5) is 0 Å². The number of hydrogen-bond donors (Lipinski definition) is 2. The molecule has 2 rings (SSSR count). The number of para-hydroxylation sites is 1. The first-order chi connectivity index (χ1) is 8.42. The van der Waals surface area contributed by atoms with E-state index in [2.05, 4.69) is 11.4 Å². The molecular formula is C13H19NO3. The molecule has 1 atom stereocenters. The molecule has 0 amide bonds. The number of aliphatic hydroxyl groups excluding tert-OH is 1. The van der Waals surface area contributed by atoms with Crippen molar-refractivity contribution in [2.45, 2.75) is 5.92 Å². The lowest BCUT2D eigenvalue weighted by molar-refractivity contribution is 0.0937. The predicted octanol–water partition coefficient (Wildman–Crippen LogP) is 0.761. The minimum Gasteiger partial charge on any atom is -0.493 e. The van der Waals surface area contributed by atoms with Gasteiger partial charge in [-0.2, -0.15) is 0 Å². The van der Waals surface area contributed by atoms with Gasteiger partial charge in [0.1, 0.15) is 5.75 Å². The zero-order valence-corrected chi connectivity index (χ0v) is 9.89. The van der Waals surface area contributed by atoms with E-state index in [9.17, 15) is 0 Å². The van der Waals surface area contributed by atoms with Crippen LogP contribution in [-0.2, 0) is 4.74 Å². The van der Waals surface area contributed by atoms with Crippen molar-refractivity contribution in [3.63, 3.8) is 0 Å². The Labute approximate surface area is 102 Å². The lowest BCUT2D eigenvalue weighted by atomic mass is 10.0. The van der Waals surface area contributed by atoms with E-state index >= 15 is 0 Å². The molecule has 1 aromatic carbocycles. The Balaban J connectivity index is 1.68. The quantitative estimate of drug-likeness (QED) is 0.687. The van der Waals surface area contributed by atoms with Crippen molar-refractivity contribution in [2.75, 3.05) is 39.5 Å². The van der Waals surface area contributed by atoms with E-state index in [1.807, 2.05) is 18.2 Å². The summed E-state index contributed by atoms with van der Waals surface area (Å²) in [5, 5.41) is 11.9. The molecule has 1 heterocycles. The molecule has 1 aromatic rings. The molecule has 2 N–H and O–H groups in total. The van der Waals surface area contributed by atoms with E-state index < -0.39 is 0 Å². The number of rotatable bonds is 7. The van der Waals surface area contributed by atoms with Gasteiger partial charge in [0.25, 0.3) is 0 Å². The van der Waals surface area contributed by atoms with Gasteiger partial charge < -0.3 is 19.9 Å². The first kappa shape index (κ1) is 12.4. The molecule has 4 heteroatoms. The van der Waals surface area contributed by atoms with E-state index in [1.54, 1.807) is 0 Å². The Kier molecular flexibility index (Phi) is 4.79. The van der Waals surface area contributed by atoms with Gasteiger partial charge in [-0.1, -0.05) is 18.2 Å². The van der Waals surface area contributed by atoms with E-state index in [0.29, 0.717) is 19.1 Å². The first-order valence-corrected chi connectivity index (χ1v) is 6.03. The number of benzene rings is 1. The Morgan fingerprint density at radius 1 is 1.35 bits per heavy atom. The zero-order chi connectivity index (χ0) is 11.9. The standard InChI is InChI=1S/C13H19NO3/c15-6-8-16-7-5-14-9-11-10-17-13-4-2-1-3-12(11)13/h1-4,11,14-15H,5-10H2. The molecule has 0 aromatic heterocycles. The number of aliphatic hydroxyl groups is 1. The van der Waals surface area contributed by atoms with Gasteiger partial charge in [0.05, 0.1) is 26.4 Å². The van der Waals surface area contributed by atoms with Gasteiger partial charge in [-0.25, -0.2) is 0 Å². The average molecular weight is 237 g/mol. The van der Waals surface area contributed by atoms with Crippen LogP contribution in [0.2, 0.25) is 0 Å². The maximum absolute atomic E-state index is 8.54. The van der Waals surface area contributed by atoms with Crippen LogP contribution in [0.1, 0.15) is 11.5 Å². The van der Waals surface area contributed by atoms with Crippen LogP contribution >= 0.6 is 0 Å². The van der Waals surface area contributed by atoms with E-state index in [-0.39, 0.29) is 6.61 Å². The van der Waals surface area contributed by atoms with Crippen LogP contribution in [0.25, 0.3) is 0 Å². The van der Waals surface area contributed by atoms with Crippen LogP contribution in [0, 0.1) is 0 Å². The van der Waals surface area contributed by atoms with Gasteiger partial charge in [-0.15, -0.1) is 0 Å². The summed E-state index contributed by atoms with van der Waals surface area (Å²) in [5.74, 6) is 1.44. The van der Waals surface area contributed by atoms with E-state index in [0.717, 1.165) is 25.4 Å². The summed E-state index contributed by atoms with van der Waals surface area (Å²) < 4.78 is 10.8. The maximum Gasteiger partial charge on any atom is 0.122 e. The molecule has 0 radical (unpaired) electrons. The molecule has 1 aliphatic rings. The molecule has 0 saturated heterocycles. The molecule has 17 heavy (non-hydrogen) atoms. The third-order valence-electron chi connectivity index (χ3n) is 2.85. The summed E-state index contributed by atoms with van der Waals surface area (Å²) in [4.78, 5) is 0. The molecule has 0 spiro atoms. The van der Waals surface area contributed by atoms with Crippen molar-refractivity contribution in [1.82, 2.24) is 5.32 Å². The second-order valence-corrected chi connectivity index (χ2v) is 4.09. The highest BCUT2D eigenvalue weighted by atomic mass is 16.5. The van der Waals surface area contributed by atoms with Crippen molar-refractivity contribution in [1.29, 1.82) is 0 Å². The molecule has 4 nitrogen and oxygen atoms in total. The highest BCUT2D eigenvalue weighted by Crippen LogP contribution is 2.32. The Morgan fingerprint density at radius 3 is 3.12 bits per heavy atom. The fraction of sp³-hybridized carbons (Fsp3) is 0.538. The topological polar surface area (TPSA) is 50.7 Å². The third kappa shape index (κ3) is 3.43. The fourth-order valence-electron chi connectivity index (χ4n) is 1.99. The van der Waals surface area contributed by atoms with Gasteiger partial charge >= 0.3 is 0 Å². The van der Waals surface area contributed by atoms with Gasteiger partial charge in [0.2, 0.25) is 0 Å². The van der Waals surface area contributed by atoms with Crippen molar-refractivity contribution in [3.8, 4) is 5.75 Å². The van der Waals surface area contributed by atoms with E-state index in [1.165, 1.54) is 5.56 Å². The summed E-state index contributed by atoms with van der Waals surface area (Å²) in [6.45, 7) is 3.60. The summed E-state index contributed by atoms with van der Waals surface area (Å²) in [6.07, 6.45) is 0. The summed E-state index contributed by atoms with van der Waals surface area (Å²) >= 11 is 0. The Bertz CT molecular complexity index is 343. The minimum atomic E-state index is 0.0871. The van der Waals surface area contributed by atoms with Crippen LogP contribution in [0.15, 0.2) is 24.3 Å². The van der Waals surface area contributed by atoms with Crippen molar-refractivity contribution in [3.05, 3.63) is 29.8 Å². The van der Waals surface area contributed by atoms with Gasteiger partial charge in [0.15, 0.2) is 0 Å². The van der Waals surface area contributed by atoms with Crippen molar-refractivity contribution < 1.29 is 14.6 Å². The molecule has 0 saturated carbocycles. The lowest BCUT2D eigenvalue weighted by Gasteiger charge is -2.10. The van der Waals surface area contributed by atoms with Gasteiger partial charge in [-0.05, 0) is 6.07 Å². The molecule has 0 bridgehead atoms. The monoisotopic (exact) mass is 237 g/mol. The summed E-state index contributed by atoms with van der Waals surface area (Å²) in [6, 6.07) is 8.18. The number of hydrogen-bond acceptors (Lipinski definition) is 4. The normalized spacial score (nSPS) is 17.8. The van der Waals surface area contributed by atoms with Gasteiger partial charge in [-0.3, -0.25) is 0 Å². The molecular weight excluding hydrogens is 218 g/mol. The highest BCUT2D eigenvalue weighted by Gasteiger charge is 2.22. The molecule has 1 unspecified atom stereocenters. The average Bonchev–Trinajstić information content (AvgIpc) is 2.77. The largest absolute Gasteiger partial charge is 0.493 e. The number of ether oxygens (including phenoxy) is 2. The SMILES string of the molecule is OCCOCCNCC1COc2ccccc21. The molecule has 94 valence electrons. The zero-order valence-electron chi connectivity index (χ0n) is 9.89. The Morgan fingerprint density at radius 2 is 2.24 bits per heavy atom. The lowest BCUT2D eigenvalue weighted by Crippen LogP contribution is -2.26. The molecule has 0 aliphatic carbocycles. The first-order valence-electron chi connectivity index (χ1n) is 6.03. The fourth-order valence-corrected chi connectivity index (χ4v) is 1.99. The predicted molar refractivity (Wildman–Crippen MR) is 65.5 cm³/mol. The summed E-state index contributed by atoms with van der Waals surface area (Å²) in [7, 11) is 0. The van der Waals surface area contributed by atoms with E-state index in [4.69, 9.17) is 14.6 Å². The number of nitrogens with one attached hydrogen (secondary N) is 1.